The molecular formula is C29H38FNO4. The maximum Gasteiger partial charge on any atom is 0.313 e. The van der Waals surface area contributed by atoms with E-state index in [9.17, 15) is 14.3 Å². The lowest BCUT2D eigenvalue weighted by molar-refractivity contribution is -0.144. The summed E-state index contributed by atoms with van der Waals surface area (Å²) < 4.78 is 25.1. The van der Waals surface area contributed by atoms with Crippen molar-refractivity contribution in [2.45, 2.75) is 64.0 Å². The number of hydrogen-bond donors (Lipinski definition) is 2. The molecule has 2 N–H and O–H groups in total. The Bertz CT molecular complexity index is 981. The lowest BCUT2D eigenvalue weighted by Crippen LogP contribution is -2.46. The number of β-amino-alcohol motifs (C(OH)–C–C–N with tert-alkyl or cyclic N) is 1. The number of hydrogen-bond acceptors (Lipinski definition) is 5. The van der Waals surface area contributed by atoms with Gasteiger partial charge >= 0.3 is 5.97 Å². The van der Waals surface area contributed by atoms with E-state index >= 15 is 0 Å². The third kappa shape index (κ3) is 7.64. The Hall–Kier alpha value is -2.70. The Kier molecular flexibility index (Phi) is 9.47. The van der Waals surface area contributed by atoms with Crippen LogP contribution in [0.5, 0.6) is 5.75 Å². The number of aliphatic hydroxyl groups is 1. The van der Waals surface area contributed by atoms with Crippen LogP contribution in [0.15, 0.2) is 55.1 Å². The molecule has 2 aromatic rings. The number of carbonyl (C=O) groups is 1. The van der Waals surface area contributed by atoms with E-state index in [0.717, 1.165) is 19.3 Å². The highest BCUT2D eigenvalue weighted by molar-refractivity contribution is 5.78. The molecule has 5 nitrogen and oxygen atoms in total. The van der Waals surface area contributed by atoms with Crippen LogP contribution in [-0.4, -0.2) is 42.5 Å². The maximum atomic E-state index is 14.4. The van der Waals surface area contributed by atoms with Gasteiger partial charge in [-0.15, -0.1) is 6.58 Å². The second kappa shape index (κ2) is 12.3. The first-order chi connectivity index (χ1) is 16.7. The van der Waals surface area contributed by atoms with Crippen LogP contribution in [0.2, 0.25) is 0 Å². The minimum Gasteiger partial charge on any atom is -0.488 e. The summed E-state index contributed by atoms with van der Waals surface area (Å²) in [4.78, 5) is 12.3. The van der Waals surface area contributed by atoms with Gasteiger partial charge in [0, 0.05) is 12.1 Å². The molecule has 1 unspecified atom stereocenters. The molecule has 1 aliphatic rings. The number of esters is 1. The van der Waals surface area contributed by atoms with E-state index in [-0.39, 0.29) is 30.5 Å². The summed E-state index contributed by atoms with van der Waals surface area (Å²) in [6, 6.07) is 12.9. The Morgan fingerprint density at radius 3 is 2.57 bits per heavy atom. The van der Waals surface area contributed by atoms with Gasteiger partial charge < -0.3 is 19.9 Å². The molecule has 2 atom stereocenters. The van der Waals surface area contributed by atoms with Crippen molar-refractivity contribution in [2.75, 3.05) is 19.8 Å². The summed E-state index contributed by atoms with van der Waals surface area (Å²) in [6.45, 7) is 10.2. The molecule has 0 amide bonds. The second-order valence-electron chi connectivity index (χ2n) is 10.00. The Balaban J connectivity index is 1.51. The number of fused-ring (bicyclic) bond motifs is 1. The molecule has 0 aromatic heterocycles. The van der Waals surface area contributed by atoms with Gasteiger partial charge in [-0.3, -0.25) is 4.79 Å². The predicted octanol–water partition coefficient (Wildman–Crippen LogP) is 4.96. The number of nitrogens with one attached hydrogen (secondary N) is 1. The molecule has 0 bridgehead atoms. The molecule has 2 aromatic carbocycles. The summed E-state index contributed by atoms with van der Waals surface area (Å²) in [5.41, 5.74) is 3.30. The highest BCUT2D eigenvalue weighted by Gasteiger charge is 2.28. The summed E-state index contributed by atoms with van der Waals surface area (Å²) in [5, 5.41) is 13.9. The monoisotopic (exact) mass is 483 g/mol. The summed E-state index contributed by atoms with van der Waals surface area (Å²) >= 11 is 0. The molecule has 3 rings (SSSR count). The van der Waals surface area contributed by atoms with Crippen LogP contribution in [0.1, 0.15) is 56.2 Å². The zero-order valence-electron chi connectivity index (χ0n) is 21.1. The fourth-order valence-corrected chi connectivity index (χ4v) is 4.85. The molecule has 0 fully saturated rings. The minimum absolute atomic E-state index is 0.00268. The van der Waals surface area contributed by atoms with E-state index in [2.05, 4.69) is 50.0 Å². The first kappa shape index (κ1) is 26.9. The van der Waals surface area contributed by atoms with Gasteiger partial charge in [-0.25, -0.2) is 4.39 Å². The topological polar surface area (TPSA) is 67.8 Å². The zero-order chi connectivity index (χ0) is 25.4. The normalized spacial score (nSPS) is 15.3. The molecule has 0 heterocycles. The van der Waals surface area contributed by atoms with E-state index < -0.39 is 17.8 Å². The van der Waals surface area contributed by atoms with Gasteiger partial charge in [0.25, 0.3) is 0 Å². The number of benzene rings is 2. The van der Waals surface area contributed by atoms with Crippen molar-refractivity contribution in [3.63, 3.8) is 0 Å². The van der Waals surface area contributed by atoms with Crippen LogP contribution in [-0.2, 0) is 22.4 Å². The summed E-state index contributed by atoms with van der Waals surface area (Å²) in [6.07, 6.45) is 4.35. The fraction of sp³-hybridized carbons (Fsp3) is 0.483. The van der Waals surface area contributed by atoms with Gasteiger partial charge in [-0.2, -0.15) is 0 Å². The van der Waals surface area contributed by atoms with Crippen molar-refractivity contribution in [2.24, 2.45) is 5.92 Å². The lowest BCUT2D eigenvalue weighted by atomic mass is 9.88. The Labute approximate surface area is 208 Å². The van der Waals surface area contributed by atoms with Crippen molar-refractivity contribution in [3.8, 4) is 5.75 Å². The third-order valence-corrected chi connectivity index (χ3v) is 6.51. The quantitative estimate of drug-likeness (QED) is 0.311. The van der Waals surface area contributed by atoms with E-state index in [1.165, 1.54) is 23.3 Å². The van der Waals surface area contributed by atoms with Crippen LogP contribution in [0.4, 0.5) is 4.39 Å². The van der Waals surface area contributed by atoms with Gasteiger partial charge in [0.15, 0.2) is 11.6 Å². The minimum atomic E-state index is -0.813. The van der Waals surface area contributed by atoms with Crippen LogP contribution in [0.3, 0.4) is 0 Å². The molecular weight excluding hydrogens is 445 g/mol. The number of allylic oxidation sites excluding steroid dienone is 1. The smallest absolute Gasteiger partial charge is 0.313 e. The zero-order valence-corrected chi connectivity index (χ0v) is 21.1. The summed E-state index contributed by atoms with van der Waals surface area (Å²) in [7, 11) is 0. The van der Waals surface area contributed by atoms with Crippen LogP contribution < -0.4 is 10.1 Å². The molecule has 0 spiro atoms. The number of carbonyl (C=O) groups excluding carboxylic acids is 1. The average Bonchev–Trinajstić information content (AvgIpc) is 3.22. The van der Waals surface area contributed by atoms with Gasteiger partial charge in [0.2, 0.25) is 0 Å². The number of rotatable bonds is 13. The second-order valence-corrected chi connectivity index (χ2v) is 10.00. The molecule has 190 valence electrons. The van der Waals surface area contributed by atoms with E-state index in [4.69, 9.17) is 9.47 Å². The third-order valence-electron chi connectivity index (χ3n) is 6.51. The van der Waals surface area contributed by atoms with E-state index in [0.29, 0.717) is 24.4 Å². The van der Waals surface area contributed by atoms with Crippen molar-refractivity contribution >= 4 is 5.97 Å². The standard InChI is InChI=1S/C29H38FNO4/c1-5-9-25(28(33)34-6-2)23-12-13-26(30)27(16-23)35-19-24(32)18-31-29(3,4)17-20-14-21-10-7-8-11-22(21)15-20/h5,7-8,10-13,16,20,24-25,31-32H,1,6,9,14-15,17-19H2,2-4H3/t24-,25?/m1/s1. The van der Waals surface area contributed by atoms with Crippen LogP contribution in [0.25, 0.3) is 0 Å². The van der Waals surface area contributed by atoms with Crippen LogP contribution in [0, 0.1) is 11.7 Å². The van der Waals surface area contributed by atoms with Gasteiger partial charge in [-0.1, -0.05) is 36.4 Å². The fourth-order valence-electron chi connectivity index (χ4n) is 4.85. The largest absolute Gasteiger partial charge is 0.488 e. The Morgan fingerprint density at radius 2 is 1.94 bits per heavy atom. The molecule has 0 saturated carbocycles. The van der Waals surface area contributed by atoms with Crippen molar-refractivity contribution in [1.29, 1.82) is 0 Å². The number of halogens is 1. The van der Waals surface area contributed by atoms with E-state index in [1.54, 1.807) is 19.1 Å². The average molecular weight is 484 g/mol. The molecule has 6 heteroatoms. The Morgan fingerprint density at radius 1 is 1.26 bits per heavy atom. The molecule has 35 heavy (non-hydrogen) atoms. The molecule has 0 aliphatic heterocycles. The first-order valence-electron chi connectivity index (χ1n) is 12.4. The first-order valence-corrected chi connectivity index (χ1v) is 12.4. The van der Waals surface area contributed by atoms with Crippen LogP contribution >= 0.6 is 0 Å². The van der Waals surface area contributed by atoms with Gasteiger partial charge in [0.1, 0.15) is 12.7 Å². The molecule has 0 saturated heterocycles. The molecule has 0 radical (unpaired) electrons. The van der Waals surface area contributed by atoms with Crippen molar-refractivity contribution in [1.82, 2.24) is 5.32 Å². The highest BCUT2D eigenvalue weighted by Crippen LogP contribution is 2.32. The maximum absolute atomic E-state index is 14.4. The highest BCUT2D eigenvalue weighted by atomic mass is 19.1. The van der Waals surface area contributed by atoms with Crippen molar-refractivity contribution < 1.29 is 23.8 Å². The van der Waals surface area contributed by atoms with Crippen molar-refractivity contribution in [3.05, 3.63) is 77.6 Å². The SMILES string of the molecule is C=CCC(C(=O)OCC)c1ccc(F)c(OC[C@H](O)CNC(C)(C)CC2Cc3ccccc3C2)c1. The van der Waals surface area contributed by atoms with Gasteiger partial charge in [0.05, 0.1) is 12.5 Å². The molecule has 1 aliphatic carbocycles. The van der Waals surface area contributed by atoms with E-state index in [1.807, 2.05) is 0 Å². The predicted molar refractivity (Wildman–Crippen MR) is 136 cm³/mol. The summed E-state index contributed by atoms with van der Waals surface area (Å²) in [5.74, 6) is -0.937. The number of ether oxygens (including phenoxy) is 2. The number of aliphatic hydroxyl groups excluding tert-OH is 1. The lowest BCUT2D eigenvalue weighted by Gasteiger charge is -2.30. The van der Waals surface area contributed by atoms with Gasteiger partial charge in [-0.05, 0) is 81.2 Å².